The Labute approximate surface area is 105 Å². The highest BCUT2D eigenvalue weighted by atomic mass is 16.2. The second-order valence-corrected chi connectivity index (χ2v) is 3.72. The Morgan fingerprint density at radius 1 is 1.44 bits per heavy atom. The fourth-order valence-electron chi connectivity index (χ4n) is 1.37. The highest BCUT2D eigenvalue weighted by molar-refractivity contribution is 5.92. The molecule has 1 heterocycles. The molecule has 0 bridgehead atoms. The first-order valence-corrected chi connectivity index (χ1v) is 5.45. The molecule has 1 unspecified atom stereocenters. The lowest BCUT2D eigenvalue weighted by atomic mass is 10.3. The Balaban J connectivity index is 2.17. The summed E-state index contributed by atoms with van der Waals surface area (Å²) in [7, 11) is 0. The first-order valence-electron chi connectivity index (χ1n) is 5.45. The molecule has 90 valence electrons. The third kappa shape index (κ3) is 2.55. The standard InChI is InChI=1S/C13H12N4O/c1-3-10(2)15-13(18)12-9-14-17(16-12)11-7-5-4-6-8-11/h1,4-10H,2H3,(H,15,18). The molecule has 5 nitrogen and oxygen atoms in total. The van der Waals surface area contributed by atoms with E-state index in [1.165, 1.54) is 11.0 Å². The number of aromatic nitrogens is 3. The average Bonchev–Trinajstić information content (AvgIpc) is 2.89. The molecule has 1 atom stereocenters. The molecule has 5 heteroatoms. The summed E-state index contributed by atoms with van der Waals surface area (Å²) < 4.78 is 0. The van der Waals surface area contributed by atoms with Gasteiger partial charge in [0.25, 0.3) is 5.91 Å². The van der Waals surface area contributed by atoms with Crippen molar-refractivity contribution in [3.63, 3.8) is 0 Å². The van der Waals surface area contributed by atoms with Crippen LogP contribution in [0.15, 0.2) is 36.5 Å². The van der Waals surface area contributed by atoms with Crippen LogP contribution >= 0.6 is 0 Å². The third-order valence-corrected chi connectivity index (χ3v) is 2.31. The van der Waals surface area contributed by atoms with Gasteiger partial charge in [0, 0.05) is 0 Å². The van der Waals surface area contributed by atoms with Crippen molar-refractivity contribution < 1.29 is 4.79 Å². The summed E-state index contributed by atoms with van der Waals surface area (Å²) in [6, 6.07) is 9.02. The number of nitrogens with zero attached hydrogens (tertiary/aromatic N) is 3. The highest BCUT2D eigenvalue weighted by Crippen LogP contribution is 2.04. The topological polar surface area (TPSA) is 59.8 Å². The lowest BCUT2D eigenvalue weighted by Gasteiger charge is -2.04. The van der Waals surface area contributed by atoms with Gasteiger partial charge in [-0.3, -0.25) is 4.79 Å². The van der Waals surface area contributed by atoms with E-state index in [9.17, 15) is 4.79 Å². The maximum Gasteiger partial charge on any atom is 0.274 e. The van der Waals surface area contributed by atoms with E-state index in [1.54, 1.807) is 6.92 Å². The molecule has 1 N–H and O–H groups in total. The predicted molar refractivity (Wildman–Crippen MR) is 67.1 cm³/mol. The number of carbonyl (C=O) groups is 1. The number of rotatable bonds is 3. The molecule has 0 aliphatic rings. The van der Waals surface area contributed by atoms with Gasteiger partial charge < -0.3 is 5.32 Å². The molecule has 0 saturated heterocycles. The van der Waals surface area contributed by atoms with E-state index in [-0.39, 0.29) is 17.6 Å². The van der Waals surface area contributed by atoms with Crippen LogP contribution in [0.1, 0.15) is 17.4 Å². The number of benzene rings is 1. The minimum Gasteiger partial charge on any atom is -0.337 e. The van der Waals surface area contributed by atoms with Crippen LogP contribution in [0, 0.1) is 12.3 Å². The molecule has 0 spiro atoms. The summed E-state index contributed by atoms with van der Waals surface area (Å²) in [5, 5.41) is 10.7. The molecule has 18 heavy (non-hydrogen) atoms. The number of amides is 1. The van der Waals surface area contributed by atoms with E-state index < -0.39 is 0 Å². The smallest absolute Gasteiger partial charge is 0.274 e. The predicted octanol–water partition coefficient (Wildman–Crippen LogP) is 1.02. The molecule has 1 aromatic heterocycles. The lowest BCUT2D eigenvalue weighted by Crippen LogP contribution is -2.31. The Bertz CT molecular complexity index is 583. The molecule has 2 rings (SSSR count). The number of para-hydroxylation sites is 1. The van der Waals surface area contributed by atoms with Crippen LogP contribution in [0.25, 0.3) is 5.69 Å². The molecular weight excluding hydrogens is 228 g/mol. The van der Waals surface area contributed by atoms with Crippen LogP contribution in [-0.4, -0.2) is 26.9 Å². The van der Waals surface area contributed by atoms with Gasteiger partial charge in [0.1, 0.15) is 0 Å². The second-order valence-electron chi connectivity index (χ2n) is 3.72. The molecule has 1 aromatic carbocycles. The van der Waals surface area contributed by atoms with Crippen molar-refractivity contribution in [1.82, 2.24) is 20.3 Å². The van der Waals surface area contributed by atoms with Crippen molar-refractivity contribution in [2.24, 2.45) is 0 Å². The summed E-state index contributed by atoms with van der Waals surface area (Å²) in [5.41, 5.74) is 1.03. The van der Waals surface area contributed by atoms with Gasteiger partial charge in [-0.05, 0) is 19.1 Å². The summed E-state index contributed by atoms with van der Waals surface area (Å²) in [6.45, 7) is 1.72. The monoisotopic (exact) mass is 240 g/mol. The van der Waals surface area contributed by atoms with Crippen LogP contribution in [0.2, 0.25) is 0 Å². The van der Waals surface area contributed by atoms with Gasteiger partial charge in [0.2, 0.25) is 0 Å². The van der Waals surface area contributed by atoms with Crippen LogP contribution in [0.5, 0.6) is 0 Å². The van der Waals surface area contributed by atoms with E-state index in [0.29, 0.717) is 0 Å². The quantitative estimate of drug-likeness (QED) is 0.815. The second kappa shape index (κ2) is 5.15. The van der Waals surface area contributed by atoms with Gasteiger partial charge in [-0.15, -0.1) is 11.5 Å². The van der Waals surface area contributed by atoms with Gasteiger partial charge in [0.15, 0.2) is 5.69 Å². The van der Waals surface area contributed by atoms with Gasteiger partial charge in [-0.2, -0.15) is 9.90 Å². The maximum atomic E-state index is 11.7. The van der Waals surface area contributed by atoms with E-state index in [4.69, 9.17) is 6.42 Å². The number of hydrogen-bond donors (Lipinski definition) is 1. The number of hydrogen-bond acceptors (Lipinski definition) is 3. The normalized spacial score (nSPS) is 11.6. The van der Waals surface area contributed by atoms with Crippen molar-refractivity contribution in [2.45, 2.75) is 13.0 Å². The fraction of sp³-hybridized carbons (Fsp3) is 0.154. The van der Waals surface area contributed by atoms with Crippen molar-refractivity contribution in [1.29, 1.82) is 0 Å². The van der Waals surface area contributed by atoms with Crippen molar-refractivity contribution in [2.75, 3.05) is 0 Å². The highest BCUT2D eigenvalue weighted by Gasteiger charge is 2.12. The molecule has 0 fully saturated rings. The minimum absolute atomic E-state index is 0.237. The van der Waals surface area contributed by atoms with Crippen LogP contribution in [-0.2, 0) is 0 Å². The maximum absolute atomic E-state index is 11.7. The van der Waals surface area contributed by atoms with E-state index in [2.05, 4.69) is 21.4 Å². The zero-order valence-corrected chi connectivity index (χ0v) is 9.87. The molecule has 0 aliphatic heterocycles. The van der Waals surface area contributed by atoms with Crippen LogP contribution in [0.4, 0.5) is 0 Å². The van der Waals surface area contributed by atoms with E-state index in [0.717, 1.165) is 5.69 Å². The Kier molecular flexibility index (Phi) is 3.39. The number of terminal acetylenes is 1. The average molecular weight is 240 g/mol. The van der Waals surface area contributed by atoms with Crippen molar-refractivity contribution in [3.05, 3.63) is 42.2 Å². The SMILES string of the molecule is C#CC(C)NC(=O)c1cnn(-c2ccccc2)n1. The third-order valence-electron chi connectivity index (χ3n) is 2.31. The minimum atomic E-state index is -0.334. The van der Waals surface area contributed by atoms with Gasteiger partial charge >= 0.3 is 0 Å². The zero-order valence-electron chi connectivity index (χ0n) is 9.87. The molecule has 0 aliphatic carbocycles. The number of carbonyl (C=O) groups excluding carboxylic acids is 1. The van der Waals surface area contributed by atoms with Crippen LogP contribution in [0.3, 0.4) is 0 Å². The fourth-order valence-corrected chi connectivity index (χ4v) is 1.37. The Hall–Kier alpha value is -2.61. The molecular formula is C13H12N4O. The largest absolute Gasteiger partial charge is 0.337 e. The first kappa shape index (κ1) is 11.9. The summed E-state index contributed by atoms with van der Waals surface area (Å²) in [6.07, 6.45) is 6.60. The zero-order chi connectivity index (χ0) is 13.0. The summed E-state index contributed by atoms with van der Waals surface area (Å²) in [4.78, 5) is 13.1. The van der Waals surface area contributed by atoms with Gasteiger partial charge in [-0.25, -0.2) is 0 Å². The van der Waals surface area contributed by atoms with Gasteiger partial charge in [-0.1, -0.05) is 24.1 Å². The number of nitrogens with one attached hydrogen (secondary N) is 1. The molecule has 1 amide bonds. The van der Waals surface area contributed by atoms with E-state index >= 15 is 0 Å². The molecule has 0 saturated carbocycles. The Morgan fingerprint density at radius 2 is 2.17 bits per heavy atom. The summed E-state index contributed by atoms with van der Waals surface area (Å²) >= 11 is 0. The summed E-state index contributed by atoms with van der Waals surface area (Å²) in [5.74, 6) is 2.09. The molecule has 2 aromatic rings. The molecule has 0 radical (unpaired) electrons. The van der Waals surface area contributed by atoms with Gasteiger partial charge in [0.05, 0.1) is 17.9 Å². The van der Waals surface area contributed by atoms with Crippen molar-refractivity contribution in [3.8, 4) is 18.0 Å². The lowest BCUT2D eigenvalue weighted by molar-refractivity contribution is 0.0942. The first-order chi connectivity index (χ1) is 8.70. The Morgan fingerprint density at radius 3 is 2.83 bits per heavy atom. The van der Waals surface area contributed by atoms with E-state index in [1.807, 2.05) is 30.3 Å². The van der Waals surface area contributed by atoms with Crippen LogP contribution < -0.4 is 5.32 Å². The van der Waals surface area contributed by atoms with Crippen molar-refractivity contribution >= 4 is 5.91 Å².